The summed E-state index contributed by atoms with van der Waals surface area (Å²) in [5.41, 5.74) is 0.440. The molecule has 0 bridgehead atoms. The van der Waals surface area contributed by atoms with Crippen LogP contribution in [0.4, 0.5) is 5.69 Å². The zero-order chi connectivity index (χ0) is 13.8. The van der Waals surface area contributed by atoms with Crippen molar-refractivity contribution >= 4 is 34.8 Å². The first-order chi connectivity index (χ1) is 9.11. The molecular formula is C13H16Cl2N2O2. The van der Waals surface area contributed by atoms with Crippen LogP contribution in [-0.4, -0.2) is 41.7 Å². The number of amides is 1. The minimum absolute atomic E-state index is 0.0764. The van der Waals surface area contributed by atoms with Gasteiger partial charge < -0.3 is 10.4 Å². The summed E-state index contributed by atoms with van der Waals surface area (Å²) in [5, 5.41) is 12.8. The summed E-state index contributed by atoms with van der Waals surface area (Å²) in [6.45, 7) is 1.15. The van der Waals surface area contributed by atoms with Crippen LogP contribution in [0.25, 0.3) is 0 Å². The molecule has 0 aromatic heterocycles. The van der Waals surface area contributed by atoms with Gasteiger partial charge in [0.2, 0.25) is 5.91 Å². The van der Waals surface area contributed by atoms with Gasteiger partial charge in [0.15, 0.2) is 0 Å². The number of carbonyl (C=O) groups is 1. The van der Waals surface area contributed by atoms with E-state index in [0.717, 1.165) is 19.4 Å². The van der Waals surface area contributed by atoms with Gasteiger partial charge >= 0.3 is 0 Å². The Bertz CT molecular complexity index is 448. The van der Waals surface area contributed by atoms with E-state index < -0.39 is 0 Å². The van der Waals surface area contributed by atoms with Crippen LogP contribution in [-0.2, 0) is 4.79 Å². The Kier molecular flexibility index (Phi) is 5.05. The van der Waals surface area contributed by atoms with E-state index in [-0.39, 0.29) is 25.1 Å². The summed E-state index contributed by atoms with van der Waals surface area (Å²) in [7, 11) is 0. The molecule has 0 aliphatic carbocycles. The van der Waals surface area contributed by atoms with Gasteiger partial charge in [0.25, 0.3) is 0 Å². The normalized spacial score (nSPS) is 19.6. The van der Waals surface area contributed by atoms with Crippen molar-refractivity contribution in [2.45, 2.75) is 18.9 Å². The highest BCUT2D eigenvalue weighted by Gasteiger charge is 2.25. The highest BCUT2D eigenvalue weighted by Crippen LogP contribution is 2.29. The Morgan fingerprint density at radius 2 is 2.11 bits per heavy atom. The van der Waals surface area contributed by atoms with Crippen LogP contribution in [0.5, 0.6) is 0 Å². The number of aliphatic hydroxyl groups excluding tert-OH is 1. The van der Waals surface area contributed by atoms with E-state index in [4.69, 9.17) is 23.2 Å². The van der Waals surface area contributed by atoms with Crippen molar-refractivity contribution in [3.63, 3.8) is 0 Å². The monoisotopic (exact) mass is 302 g/mol. The zero-order valence-corrected chi connectivity index (χ0v) is 11.9. The Labute approximate surface area is 122 Å². The van der Waals surface area contributed by atoms with E-state index in [0.29, 0.717) is 15.7 Å². The third-order valence-electron chi connectivity index (χ3n) is 3.28. The smallest absolute Gasteiger partial charge is 0.238 e. The first-order valence-corrected chi connectivity index (χ1v) is 6.96. The molecule has 2 rings (SSSR count). The molecule has 1 fully saturated rings. The molecule has 0 spiro atoms. The third kappa shape index (κ3) is 3.60. The molecule has 1 heterocycles. The highest BCUT2D eigenvalue weighted by atomic mass is 35.5. The number of likely N-dealkylation sites (tertiary alicyclic amines) is 1. The van der Waals surface area contributed by atoms with Gasteiger partial charge in [0.05, 0.1) is 28.9 Å². The molecule has 6 heteroatoms. The Morgan fingerprint density at radius 1 is 1.42 bits per heavy atom. The van der Waals surface area contributed by atoms with Crippen molar-refractivity contribution < 1.29 is 9.90 Å². The molecule has 104 valence electrons. The first-order valence-electron chi connectivity index (χ1n) is 6.20. The molecule has 1 amide bonds. The molecule has 2 N–H and O–H groups in total. The molecule has 0 radical (unpaired) electrons. The van der Waals surface area contributed by atoms with Gasteiger partial charge in [0.1, 0.15) is 0 Å². The van der Waals surface area contributed by atoms with Gasteiger partial charge in [-0.3, -0.25) is 9.69 Å². The van der Waals surface area contributed by atoms with Crippen molar-refractivity contribution in [1.82, 2.24) is 4.90 Å². The largest absolute Gasteiger partial charge is 0.395 e. The summed E-state index contributed by atoms with van der Waals surface area (Å²) < 4.78 is 0. The lowest BCUT2D eigenvalue weighted by molar-refractivity contribution is -0.117. The average Bonchev–Trinajstić information content (AvgIpc) is 2.81. The van der Waals surface area contributed by atoms with Gasteiger partial charge in [-0.15, -0.1) is 0 Å². The maximum absolute atomic E-state index is 12.0. The Hall–Kier alpha value is -0.810. The molecule has 1 aromatic carbocycles. The summed E-state index contributed by atoms with van der Waals surface area (Å²) in [4.78, 5) is 14.0. The molecule has 1 aromatic rings. The summed E-state index contributed by atoms with van der Waals surface area (Å²) in [6.07, 6.45) is 1.93. The number of nitrogens with one attached hydrogen (secondary N) is 1. The summed E-state index contributed by atoms with van der Waals surface area (Å²) in [5.74, 6) is -0.171. The minimum atomic E-state index is -0.171. The molecule has 1 atom stereocenters. The Morgan fingerprint density at radius 3 is 2.74 bits per heavy atom. The SMILES string of the molecule is O=C(CN1CCC[C@H]1CO)Nc1c(Cl)cccc1Cl. The van der Waals surface area contributed by atoms with Crippen LogP contribution >= 0.6 is 23.2 Å². The summed E-state index contributed by atoms with van der Waals surface area (Å²) >= 11 is 12.0. The number of halogens is 2. The quantitative estimate of drug-likeness (QED) is 0.898. The lowest BCUT2D eigenvalue weighted by Crippen LogP contribution is -2.38. The van der Waals surface area contributed by atoms with Gasteiger partial charge in [0, 0.05) is 6.04 Å². The highest BCUT2D eigenvalue weighted by molar-refractivity contribution is 6.39. The molecule has 4 nitrogen and oxygen atoms in total. The number of nitrogens with zero attached hydrogens (tertiary/aromatic N) is 1. The second kappa shape index (κ2) is 6.57. The fourth-order valence-corrected chi connectivity index (χ4v) is 2.78. The predicted molar refractivity (Wildman–Crippen MR) is 76.8 cm³/mol. The fraction of sp³-hybridized carbons (Fsp3) is 0.462. The second-order valence-electron chi connectivity index (χ2n) is 4.59. The number of hydrogen-bond acceptors (Lipinski definition) is 3. The van der Waals surface area contributed by atoms with E-state index in [2.05, 4.69) is 5.32 Å². The van der Waals surface area contributed by atoms with Gasteiger partial charge in [-0.05, 0) is 31.5 Å². The molecule has 0 unspecified atom stereocenters. The van der Waals surface area contributed by atoms with Crippen molar-refractivity contribution in [1.29, 1.82) is 0 Å². The lowest BCUT2D eigenvalue weighted by Gasteiger charge is -2.22. The number of benzene rings is 1. The van der Waals surface area contributed by atoms with E-state index in [9.17, 15) is 9.90 Å². The Balaban J connectivity index is 1.98. The molecule has 1 saturated heterocycles. The lowest BCUT2D eigenvalue weighted by atomic mass is 10.2. The number of para-hydroxylation sites is 1. The minimum Gasteiger partial charge on any atom is -0.395 e. The van der Waals surface area contributed by atoms with Crippen LogP contribution in [0.2, 0.25) is 10.0 Å². The van der Waals surface area contributed by atoms with Crippen molar-refractivity contribution in [2.24, 2.45) is 0 Å². The van der Waals surface area contributed by atoms with Crippen molar-refractivity contribution in [3.8, 4) is 0 Å². The van der Waals surface area contributed by atoms with Crippen LogP contribution in [0.3, 0.4) is 0 Å². The number of carbonyl (C=O) groups excluding carboxylic acids is 1. The van der Waals surface area contributed by atoms with Gasteiger partial charge in [-0.25, -0.2) is 0 Å². The van der Waals surface area contributed by atoms with E-state index in [1.807, 2.05) is 4.90 Å². The maximum Gasteiger partial charge on any atom is 0.238 e. The van der Waals surface area contributed by atoms with Crippen LogP contribution in [0, 0.1) is 0 Å². The number of aliphatic hydroxyl groups is 1. The fourth-order valence-electron chi connectivity index (χ4n) is 2.29. The number of rotatable bonds is 4. The van der Waals surface area contributed by atoms with Crippen molar-refractivity contribution in [3.05, 3.63) is 28.2 Å². The van der Waals surface area contributed by atoms with E-state index in [1.165, 1.54) is 0 Å². The van der Waals surface area contributed by atoms with Crippen molar-refractivity contribution in [2.75, 3.05) is 25.0 Å². The summed E-state index contributed by atoms with van der Waals surface area (Å²) in [6, 6.07) is 5.15. The van der Waals surface area contributed by atoms with E-state index in [1.54, 1.807) is 18.2 Å². The van der Waals surface area contributed by atoms with E-state index >= 15 is 0 Å². The molecule has 1 aliphatic heterocycles. The van der Waals surface area contributed by atoms with Gasteiger partial charge in [-0.1, -0.05) is 29.3 Å². The molecular weight excluding hydrogens is 287 g/mol. The standard InChI is InChI=1S/C13H16Cl2N2O2/c14-10-4-1-5-11(15)13(10)16-12(19)7-17-6-2-3-9(17)8-18/h1,4-5,9,18H,2-3,6-8H2,(H,16,19)/t9-/m0/s1. The van der Waals surface area contributed by atoms with Crippen LogP contribution < -0.4 is 5.32 Å². The predicted octanol–water partition coefficient (Wildman–Crippen LogP) is 2.39. The van der Waals surface area contributed by atoms with Gasteiger partial charge in [-0.2, -0.15) is 0 Å². The van der Waals surface area contributed by atoms with Crippen LogP contribution in [0.15, 0.2) is 18.2 Å². The number of hydrogen-bond donors (Lipinski definition) is 2. The first kappa shape index (κ1) is 14.6. The topological polar surface area (TPSA) is 52.6 Å². The zero-order valence-electron chi connectivity index (χ0n) is 10.4. The molecule has 0 saturated carbocycles. The average molecular weight is 303 g/mol. The number of anilines is 1. The molecule has 19 heavy (non-hydrogen) atoms. The van der Waals surface area contributed by atoms with Crippen LogP contribution in [0.1, 0.15) is 12.8 Å². The maximum atomic E-state index is 12.0. The third-order valence-corrected chi connectivity index (χ3v) is 3.91. The second-order valence-corrected chi connectivity index (χ2v) is 5.41. The molecule has 1 aliphatic rings.